The average Bonchev–Trinajstić information content (AvgIpc) is 2.68. The van der Waals surface area contributed by atoms with E-state index in [0.29, 0.717) is 5.56 Å². The second kappa shape index (κ2) is 9.94. The van der Waals surface area contributed by atoms with Crippen LogP contribution in [-0.4, -0.2) is 30.9 Å². The van der Waals surface area contributed by atoms with Crippen LogP contribution in [0, 0.1) is 0 Å². The summed E-state index contributed by atoms with van der Waals surface area (Å²) in [5, 5.41) is 9.21. The van der Waals surface area contributed by atoms with Crippen LogP contribution >= 0.6 is 12.4 Å². The van der Waals surface area contributed by atoms with E-state index < -0.39 is 6.04 Å². The average molecular weight is 374 g/mol. The summed E-state index contributed by atoms with van der Waals surface area (Å²) < 4.78 is 0. The van der Waals surface area contributed by atoms with Gasteiger partial charge in [-0.05, 0) is 37.1 Å². The summed E-state index contributed by atoms with van der Waals surface area (Å²) in [6, 6.07) is 17.7. The molecule has 2 amide bonds. The van der Waals surface area contributed by atoms with Gasteiger partial charge in [-0.2, -0.15) is 0 Å². The first-order valence-electron chi connectivity index (χ1n) is 8.66. The lowest BCUT2D eigenvalue weighted by Gasteiger charge is -2.27. The molecule has 0 aromatic heterocycles. The first kappa shape index (κ1) is 19.9. The zero-order valence-corrected chi connectivity index (χ0v) is 15.3. The van der Waals surface area contributed by atoms with E-state index in [1.165, 1.54) is 0 Å². The molecule has 138 valence electrons. The quantitative estimate of drug-likeness (QED) is 0.754. The number of hydrogen-bond donors (Lipinski definition) is 3. The lowest BCUT2D eigenvalue weighted by atomic mass is 10.0. The van der Waals surface area contributed by atoms with Gasteiger partial charge < -0.3 is 16.0 Å². The predicted octanol–water partition coefficient (Wildman–Crippen LogP) is 2.45. The van der Waals surface area contributed by atoms with Crippen molar-refractivity contribution in [2.75, 3.05) is 13.1 Å². The molecular formula is C20H24ClN3O2. The van der Waals surface area contributed by atoms with Gasteiger partial charge in [0.05, 0.1) is 0 Å². The zero-order valence-electron chi connectivity index (χ0n) is 14.5. The summed E-state index contributed by atoms with van der Waals surface area (Å²) in [6.07, 6.45) is 1.99. The summed E-state index contributed by atoms with van der Waals surface area (Å²) in [5.74, 6) is -0.435. The van der Waals surface area contributed by atoms with E-state index in [-0.39, 0.29) is 30.3 Å². The molecular weight excluding hydrogens is 350 g/mol. The lowest BCUT2D eigenvalue weighted by molar-refractivity contribution is -0.124. The number of halogens is 1. The van der Waals surface area contributed by atoms with E-state index in [1.54, 1.807) is 24.3 Å². The molecule has 1 heterocycles. The van der Waals surface area contributed by atoms with E-state index in [4.69, 9.17) is 0 Å². The van der Waals surface area contributed by atoms with Gasteiger partial charge in [-0.1, -0.05) is 48.5 Å². The number of nitrogens with one attached hydrogen (secondary N) is 3. The minimum Gasteiger partial charge on any atom is -0.350 e. The maximum Gasteiger partial charge on any atom is 0.252 e. The van der Waals surface area contributed by atoms with E-state index in [1.807, 2.05) is 36.4 Å². The summed E-state index contributed by atoms with van der Waals surface area (Å²) in [4.78, 5) is 25.3. The van der Waals surface area contributed by atoms with Crippen LogP contribution in [0.4, 0.5) is 0 Å². The number of amides is 2. The van der Waals surface area contributed by atoms with E-state index >= 15 is 0 Å². The van der Waals surface area contributed by atoms with E-state index in [2.05, 4.69) is 16.0 Å². The predicted molar refractivity (Wildman–Crippen MR) is 104 cm³/mol. The molecule has 1 unspecified atom stereocenters. The fourth-order valence-corrected chi connectivity index (χ4v) is 3.01. The Labute approximate surface area is 160 Å². The highest BCUT2D eigenvalue weighted by molar-refractivity contribution is 5.97. The summed E-state index contributed by atoms with van der Waals surface area (Å²) >= 11 is 0. The van der Waals surface area contributed by atoms with Crippen molar-refractivity contribution in [2.24, 2.45) is 0 Å². The molecule has 2 atom stereocenters. The number of carbonyl (C=O) groups is 2. The monoisotopic (exact) mass is 373 g/mol. The van der Waals surface area contributed by atoms with Gasteiger partial charge in [0.15, 0.2) is 0 Å². The smallest absolute Gasteiger partial charge is 0.252 e. The largest absolute Gasteiger partial charge is 0.350 e. The van der Waals surface area contributed by atoms with Crippen molar-refractivity contribution in [2.45, 2.75) is 24.9 Å². The van der Waals surface area contributed by atoms with Crippen molar-refractivity contribution < 1.29 is 9.59 Å². The van der Waals surface area contributed by atoms with Gasteiger partial charge in [0.25, 0.3) is 5.91 Å². The third-order valence-electron chi connectivity index (χ3n) is 4.35. The van der Waals surface area contributed by atoms with E-state index in [9.17, 15) is 9.59 Å². The van der Waals surface area contributed by atoms with Crippen LogP contribution in [0.1, 0.15) is 34.8 Å². The minimum absolute atomic E-state index is 0. The SMILES string of the molecule is Cl.O=C(NC(C(=O)N[C@H]1CCCNC1)c1ccccc1)c1ccccc1. The number of benzene rings is 2. The summed E-state index contributed by atoms with van der Waals surface area (Å²) in [5.41, 5.74) is 1.31. The molecule has 1 aliphatic rings. The molecule has 5 nitrogen and oxygen atoms in total. The number of rotatable bonds is 5. The minimum atomic E-state index is -0.712. The third kappa shape index (κ3) is 5.31. The summed E-state index contributed by atoms with van der Waals surface area (Å²) in [7, 11) is 0. The molecule has 3 rings (SSSR count). The Kier molecular flexibility index (Phi) is 7.63. The Morgan fingerprint density at radius 2 is 1.65 bits per heavy atom. The van der Waals surface area contributed by atoms with Gasteiger partial charge in [0.1, 0.15) is 6.04 Å². The van der Waals surface area contributed by atoms with Crippen molar-refractivity contribution in [3.8, 4) is 0 Å². The molecule has 1 saturated heterocycles. The number of hydrogen-bond acceptors (Lipinski definition) is 3. The molecule has 0 bridgehead atoms. The molecule has 0 saturated carbocycles. The van der Waals surface area contributed by atoms with Gasteiger partial charge in [0.2, 0.25) is 5.91 Å². The molecule has 26 heavy (non-hydrogen) atoms. The van der Waals surface area contributed by atoms with Crippen molar-refractivity contribution in [1.82, 2.24) is 16.0 Å². The van der Waals surface area contributed by atoms with Crippen LogP contribution in [0.2, 0.25) is 0 Å². The molecule has 0 aliphatic carbocycles. The molecule has 2 aromatic rings. The van der Waals surface area contributed by atoms with Crippen LogP contribution in [0.3, 0.4) is 0 Å². The summed E-state index contributed by atoms with van der Waals surface area (Å²) in [6.45, 7) is 1.75. The molecule has 0 radical (unpaired) electrons. The molecule has 3 N–H and O–H groups in total. The fraction of sp³-hybridized carbons (Fsp3) is 0.300. The highest BCUT2D eigenvalue weighted by atomic mass is 35.5. The number of carbonyl (C=O) groups excluding carboxylic acids is 2. The Bertz CT molecular complexity index is 704. The third-order valence-corrected chi connectivity index (χ3v) is 4.35. The van der Waals surface area contributed by atoms with Crippen LogP contribution in [0.25, 0.3) is 0 Å². The lowest BCUT2D eigenvalue weighted by Crippen LogP contribution is -2.49. The van der Waals surface area contributed by atoms with Crippen LogP contribution in [0.15, 0.2) is 60.7 Å². The molecule has 1 aliphatic heterocycles. The Morgan fingerprint density at radius 3 is 2.27 bits per heavy atom. The second-order valence-corrected chi connectivity index (χ2v) is 6.24. The van der Waals surface area contributed by atoms with Gasteiger partial charge in [-0.25, -0.2) is 0 Å². The molecule has 6 heteroatoms. The zero-order chi connectivity index (χ0) is 17.5. The maximum absolute atomic E-state index is 12.8. The van der Waals surface area contributed by atoms with Gasteiger partial charge in [-0.3, -0.25) is 9.59 Å². The second-order valence-electron chi connectivity index (χ2n) is 6.24. The standard InChI is InChI=1S/C20H23N3O2.ClH/c24-19(16-10-5-2-6-11-16)23-18(15-8-3-1-4-9-15)20(25)22-17-12-7-13-21-14-17;/h1-6,8-11,17-18,21H,7,12-14H2,(H,22,25)(H,23,24);1H/t17-,18?;/m0./s1. The normalized spacial score (nSPS) is 17.5. The van der Waals surface area contributed by atoms with Gasteiger partial charge in [-0.15, -0.1) is 12.4 Å². The Hall–Kier alpha value is -2.37. The maximum atomic E-state index is 12.8. The molecule has 0 spiro atoms. The first-order valence-corrected chi connectivity index (χ1v) is 8.66. The van der Waals surface area contributed by atoms with Crippen LogP contribution in [0.5, 0.6) is 0 Å². The van der Waals surface area contributed by atoms with E-state index in [0.717, 1.165) is 31.5 Å². The fourth-order valence-electron chi connectivity index (χ4n) is 3.01. The first-order chi connectivity index (χ1) is 12.2. The molecule has 2 aromatic carbocycles. The molecule has 1 fully saturated rings. The highest BCUT2D eigenvalue weighted by Gasteiger charge is 2.25. The van der Waals surface area contributed by atoms with Crippen molar-refractivity contribution in [3.63, 3.8) is 0 Å². The Morgan fingerprint density at radius 1 is 1.00 bits per heavy atom. The number of piperidine rings is 1. The Balaban J connectivity index is 0.00000243. The van der Waals surface area contributed by atoms with Crippen molar-refractivity contribution in [3.05, 3.63) is 71.8 Å². The van der Waals surface area contributed by atoms with Crippen molar-refractivity contribution in [1.29, 1.82) is 0 Å². The highest BCUT2D eigenvalue weighted by Crippen LogP contribution is 2.15. The van der Waals surface area contributed by atoms with Gasteiger partial charge >= 0.3 is 0 Å². The van der Waals surface area contributed by atoms with Crippen molar-refractivity contribution >= 4 is 24.2 Å². The van der Waals surface area contributed by atoms with Crippen LogP contribution in [-0.2, 0) is 4.79 Å². The van der Waals surface area contributed by atoms with Crippen LogP contribution < -0.4 is 16.0 Å². The topological polar surface area (TPSA) is 70.2 Å². The van der Waals surface area contributed by atoms with Gasteiger partial charge in [0, 0.05) is 18.2 Å².